The summed E-state index contributed by atoms with van der Waals surface area (Å²) in [6, 6.07) is 8.72. The molecule has 0 saturated heterocycles. The summed E-state index contributed by atoms with van der Waals surface area (Å²) in [6.45, 7) is 4.76. The van der Waals surface area contributed by atoms with Gasteiger partial charge in [-0.1, -0.05) is 56.7 Å². The maximum Gasteiger partial charge on any atom is 0.0431 e. The van der Waals surface area contributed by atoms with Crippen LogP contribution in [0.1, 0.15) is 56.6 Å². The van der Waals surface area contributed by atoms with Crippen molar-refractivity contribution in [1.29, 1.82) is 0 Å². The molecule has 0 radical (unpaired) electrons. The van der Waals surface area contributed by atoms with Crippen molar-refractivity contribution >= 4 is 6.08 Å². The molecule has 17 heavy (non-hydrogen) atoms. The molecule has 0 aromatic heterocycles. The first-order chi connectivity index (χ1) is 8.24. The van der Waals surface area contributed by atoms with Crippen LogP contribution in [0.4, 0.5) is 0 Å². The van der Waals surface area contributed by atoms with Gasteiger partial charge in [0.2, 0.25) is 0 Å². The molecule has 94 valence electrons. The standard InChI is InChI=1S/C16H24O/c1-14(2)16-11-8-10-15(13-16)9-6-4-3-5-7-12-17/h6,8-11,13-14,17H,3-5,7,12H2,1-2H3/b9-6+. The van der Waals surface area contributed by atoms with E-state index in [9.17, 15) is 0 Å². The van der Waals surface area contributed by atoms with Gasteiger partial charge >= 0.3 is 0 Å². The van der Waals surface area contributed by atoms with Crippen LogP contribution in [0.2, 0.25) is 0 Å². The van der Waals surface area contributed by atoms with Gasteiger partial charge in [0, 0.05) is 6.61 Å². The van der Waals surface area contributed by atoms with Crippen molar-refractivity contribution in [1.82, 2.24) is 0 Å². The van der Waals surface area contributed by atoms with Crippen LogP contribution >= 0.6 is 0 Å². The molecule has 0 aliphatic carbocycles. The Balaban J connectivity index is 2.40. The number of aliphatic hydroxyl groups excluding tert-OH is 1. The van der Waals surface area contributed by atoms with Gasteiger partial charge in [-0.05, 0) is 36.3 Å². The Morgan fingerprint density at radius 1 is 1.18 bits per heavy atom. The third-order valence-corrected chi connectivity index (χ3v) is 2.92. The molecule has 1 heteroatoms. The highest BCUT2D eigenvalue weighted by Gasteiger charge is 1.97. The Bertz CT molecular complexity index is 339. The number of rotatable bonds is 7. The van der Waals surface area contributed by atoms with Crippen molar-refractivity contribution in [3.8, 4) is 0 Å². The van der Waals surface area contributed by atoms with Gasteiger partial charge in [-0.2, -0.15) is 0 Å². The van der Waals surface area contributed by atoms with E-state index in [-0.39, 0.29) is 0 Å². The first-order valence-electron chi connectivity index (χ1n) is 6.61. The Morgan fingerprint density at radius 3 is 2.71 bits per heavy atom. The molecule has 0 unspecified atom stereocenters. The maximum absolute atomic E-state index is 8.67. The second-order valence-corrected chi connectivity index (χ2v) is 4.80. The molecular formula is C16H24O. The highest BCUT2D eigenvalue weighted by molar-refractivity contribution is 5.50. The Hall–Kier alpha value is -1.08. The summed E-state index contributed by atoms with van der Waals surface area (Å²) in [7, 11) is 0. The Labute approximate surface area is 105 Å². The van der Waals surface area contributed by atoms with Crippen LogP contribution in [-0.4, -0.2) is 11.7 Å². The molecule has 1 aromatic rings. The number of unbranched alkanes of at least 4 members (excludes halogenated alkanes) is 3. The molecule has 0 fully saturated rings. The Kier molecular flexibility index (Phi) is 6.64. The Morgan fingerprint density at radius 2 is 2.00 bits per heavy atom. The second-order valence-electron chi connectivity index (χ2n) is 4.80. The lowest BCUT2D eigenvalue weighted by Crippen LogP contribution is -1.86. The fourth-order valence-electron chi connectivity index (χ4n) is 1.79. The van der Waals surface area contributed by atoms with Gasteiger partial charge in [0.15, 0.2) is 0 Å². The lowest BCUT2D eigenvalue weighted by Gasteiger charge is -2.05. The molecule has 1 N–H and O–H groups in total. The van der Waals surface area contributed by atoms with Gasteiger partial charge in [-0.15, -0.1) is 0 Å². The number of allylic oxidation sites excluding steroid dienone is 1. The van der Waals surface area contributed by atoms with Crippen molar-refractivity contribution in [2.24, 2.45) is 0 Å². The zero-order chi connectivity index (χ0) is 12.5. The minimum atomic E-state index is 0.320. The van der Waals surface area contributed by atoms with E-state index in [1.807, 2.05) is 0 Å². The summed E-state index contributed by atoms with van der Waals surface area (Å²) >= 11 is 0. The van der Waals surface area contributed by atoms with Crippen LogP contribution in [0.15, 0.2) is 30.3 Å². The van der Waals surface area contributed by atoms with E-state index < -0.39 is 0 Å². The minimum absolute atomic E-state index is 0.320. The molecule has 0 saturated carbocycles. The first-order valence-corrected chi connectivity index (χ1v) is 6.61. The highest BCUT2D eigenvalue weighted by Crippen LogP contribution is 2.16. The molecule has 0 aliphatic rings. The average Bonchev–Trinajstić information content (AvgIpc) is 2.34. The monoisotopic (exact) mass is 232 g/mol. The number of benzene rings is 1. The van der Waals surface area contributed by atoms with E-state index in [4.69, 9.17) is 5.11 Å². The number of aliphatic hydroxyl groups is 1. The van der Waals surface area contributed by atoms with Gasteiger partial charge in [0.1, 0.15) is 0 Å². The largest absolute Gasteiger partial charge is 0.396 e. The fraction of sp³-hybridized carbons (Fsp3) is 0.500. The second kappa shape index (κ2) is 8.08. The lowest BCUT2D eigenvalue weighted by molar-refractivity contribution is 0.283. The molecule has 1 nitrogen and oxygen atoms in total. The summed E-state index contributed by atoms with van der Waals surface area (Å²) in [5.41, 5.74) is 2.69. The molecule has 0 bridgehead atoms. The van der Waals surface area contributed by atoms with E-state index in [1.54, 1.807) is 0 Å². The SMILES string of the molecule is CC(C)c1cccc(/C=C/CCCCCO)c1. The van der Waals surface area contributed by atoms with Gasteiger partial charge < -0.3 is 5.11 Å². The molecule has 1 rings (SSSR count). The quantitative estimate of drug-likeness (QED) is 0.692. The molecule has 0 heterocycles. The van der Waals surface area contributed by atoms with Gasteiger partial charge in [0.05, 0.1) is 0 Å². The summed E-state index contributed by atoms with van der Waals surface area (Å²) < 4.78 is 0. The minimum Gasteiger partial charge on any atom is -0.396 e. The zero-order valence-corrected chi connectivity index (χ0v) is 11.0. The van der Waals surface area contributed by atoms with E-state index in [1.165, 1.54) is 17.5 Å². The van der Waals surface area contributed by atoms with Crippen LogP contribution in [0.5, 0.6) is 0 Å². The number of hydrogen-bond donors (Lipinski definition) is 1. The molecule has 0 spiro atoms. The third-order valence-electron chi connectivity index (χ3n) is 2.92. The van der Waals surface area contributed by atoms with Crippen LogP contribution in [0, 0.1) is 0 Å². The lowest BCUT2D eigenvalue weighted by atomic mass is 10.0. The summed E-state index contributed by atoms with van der Waals surface area (Å²) in [5, 5.41) is 8.67. The van der Waals surface area contributed by atoms with Crippen LogP contribution in [0.3, 0.4) is 0 Å². The van der Waals surface area contributed by atoms with Crippen molar-refractivity contribution < 1.29 is 5.11 Å². The van der Waals surface area contributed by atoms with Gasteiger partial charge in [0.25, 0.3) is 0 Å². The molecule has 0 aliphatic heterocycles. The predicted octanol–water partition coefficient (Wildman–Crippen LogP) is 4.38. The number of hydrogen-bond acceptors (Lipinski definition) is 1. The highest BCUT2D eigenvalue weighted by atomic mass is 16.2. The van der Waals surface area contributed by atoms with E-state index in [0.717, 1.165) is 19.3 Å². The fourth-order valence-corrected chi connectivity index (χ4v) is 1.79. The average molecular weight is 232 g/mol. The van der Waals surface area contributed by atoms with Crippen molar-refractivity contribution in [3.05, 3.63) is 41.5 Å². The van der Waals surface area contributed by atoms with Crippen LogP contribution in [0.25, 0.3) is 6.08 Å². The molecule has 1 aromatic carbocycles. The van der Waals surface area contributed by atoms with Crippen molar-refractivity contribution in [3.63, 3.8) is 0 Å². The van der Waals surface area contributed by atoms with Crippen molar-refractivity contribution in [2.75, 3.05) is 6.61 Å². The molecule has 0 amide bonds. The van der Waals surface area contributed by atoms with Crippen molar-refractivity contribution in [2.45, 2.75) is 45.4 Å². The van der Waals surface area contributed by atoms with E-state index in [0.29, 0.717) is 12.5 Å². The summed E-state index contributed by atoms with van der Waals surface area (Å²) in [5.74, 6) is 0.591. The summed E-state index contributed by atoms with van der Waals surface area (Å²) in [4.78, 5) is 0. The smallest absolute Gasteiger partial charge is 0.0431 e. The topological polar surface area (TPSA) is 20.2 Å². The maximum atomic E-state index is 8.67. The van der Waals surface area contributed by atoms with E-state index >= 15 is 0 Å². The normalized spacial score (nSPS) is 11.5. The summed E-state index contributed by atoms with van der Waals surface area (Å²) in [6.07, 6.45) is 8.75. The molecule has 0 atom stereocenters. The zero-order valence-electron chi connectivity index (χ0n) is 11.0. The van der Waals surface area contributed by atoms with Gasteiger partial charge in [-0.3, -0.25) is 0 Å². The van der Waals surface area contributed by atoms with Crippen LogP contribution in [-0.2, 0) is 0 Å². The van der Waals surface area contributed by atoms with Gasteiger partial charge in [-0.25, -0.2) is 0 Å². The first kappa shape index (κ1) is 14.0. The van der Waals surface area contributed by atoms with E-state index in [2.05, 4.69) is 50.3 Å². The third kappa shape index (κ3) is 5.69. The molecular weight excluding hydrogens is 208 g/mol. The van der Waals surface area contributed by atoms with Crippen LogP contribution < -0.4 is 0 Å². The predicted molar refractivity (Wildman–Crippen MR) is 75.1 cm³/mol.